The summed E-state index contributed by atoms with van der Waals surface area (Å²) in [6.45, 7) is 0. The summed E-state index contributed by atoms with van der Waals surface area (Å²) in [7, 11) is 0. The second-order valence-corrected chi connectivity index (χ2v) is 0.981. The Morgan fingerprint density at radius 3 is 1.50 bits per heavy atom. The van der Waals surface area contributed by atoms with Crippen molar-refractivity contribution in [1.29, 1.82) is 0 Å². The Morgan fingerprint density at radius 1 is 1.50 bits per heavy atom. The fraction of sp³-hybridized carbons (Fsp3) is 0. The molecule has 0 bridgehead atoms. The minimum atomic E-state index is -3.69. The van der Waals surface area contributed by atoms with Crippen molar-refractivity contribution in [3.05, 3.63) is 0 Å². The summed E-state index contributed by atoms with van der Waals surface area (Å²) in [6, 6.07) is 0. The van der Waals surface area contributed by atoms with E-state index in [-0.39, 0.29) is 48.3 Å². The topological polar surface area (TPSA) is 54.4 Å². The van der Waals surface area contributed by atoms with Gasteiger partial charge in [0.25, 0.3) is 0 Å². The molecule has 0 aromatic carbocycles. The second kappa shape index (κ2) is 9.84. The predicted octanol–water partition coefficient (Wildman–Crippen LogP) is -3.68. The molecule has 0 heterocycles. The molecule has 0 atom stereocenters. The molecule has 32 valence electrons. The molecule has 0 aromatic rings. The molecule has 0 fully saturated rings. The standard InChI is InChI=1S/Cr.Na.H2O.2O.V.H/h;;1H2;;;;/q;+1;;;;+1;-1/p-1. The van der Waals surface area contributed by atoms with Crippen LogP contribution in [0.1, 0.15) is 1.43 Å². The quantitative estimate of drug-likeness (QED) is 0.386. The molecule has 1 N–H and O–H groups in total. The molecule has 6 heteroatoms. The van der Waals surface area contributed by atoms with Crippen LogP contribution in [0.2, 0.25) is 0 Å². The molecule has 0 radical (unpaired) electrons. The summed E-state index contributed by atoms with van der Waals surface area (Å²) < 4.78 is 24.4. The third-order valence-corrected chi connectivity index (χ3v) is 0. The summed E-state index contributed by atoms with van der Waals surface area (Å²) in [6.07, 6.45) is 0. The van der Waals surface area contributed by atoms with E-state index in [4.69, 9.17) is 11.4 Å². The molecule has 0 aliphatic heterocycles. The average molecular weight is 176 g/mol. The molecule has 0 aliphatic carbocycles. The van der Waals surface area contributed by atoms with Crippen molar-refractivity contribution in [2.75, 3.05) is 0 Å². The average Bonchev–Trinajstić information content (AvgIpc) is 0.811. The zero-order chi connectivity index (χ0) is 3.58. The van der Waals surface area contributed by atoms with Gasteiger partial charge in [0.15, 0.2) is 0 Å². The van der Waals surface area contributed by atoms with E-state index in [9.17, 15) is 0 Å². The first-order valence-electron chi connectivity index (χ1n) is 0.565. The molecule has 6 heavy (non-hydrogen) atoms. The molecular formula is H2CrNaO3V. The van der Waals surface area contributed by atoms with Gasteiger partial charge in [-0.2, -0.15) is 0 Å². The van der Waals surface area contributed by atoms with Gasteiger partial charge in [0.05, 0.1) is 0 Å². The SMILES string of the molecule is [Cr].[H-].[Na+].[O]=[V](=[O])[OH]. The van der Waals surface area contributed by atoms with Gasteiger partial charge in [-0.25, -0.2) is 0 Å². The van der Waals surface area contributed by atoms with Crippen LogP contribution in [0.4, 0.5) is 0 Å². The first kappa shape index (κ1) is 15.6. The molecule has 3 nitrogen and oxygen atoms in total. The molecule has 0 spiro atoms. The van der Waals surface area contributed by atoms with Crippen LogP contribution in [0.15, 0.2) is 0 Å². The molecule has 0 amide bonds. The molecular weight excluding hydrogens is 174 g/mol. The Bertz CT molecular complexity index is 63.3. The summed E-state index contributed by atoms with van der Waals surface area (Å²) in [5.74, 6) is 0. The fourth-order valence-electron chi connectivity index (χ4n) is 0. The number of rotatable bonds is 0. The first-order valence-corrected chi connectivity index (χ1v) is 2.33. The van der Waals surface area contributed by atoms with Gasteiger partial charge in [-0.15, -0.1) is 0 Å². The Hall–Kier alpha value is 1.68. The van der Waals surface area contributed by atoms with Crippen molar-refractivity contribution in [3.63, 3.8) is 0 Å². The van der Waals surface area contributed by atoms with E-state index in [2.05, 4.69) is 0 Å². The van der Waals surface area contributed by atoms with Gasteiger partial charge in [0.1, 0.15) is 0 Å². The Labute approximate surface area is 74.4 Å². The van der Waals surface area contributed by atoms with Crippen molar-refractivity contribution < 1.29 is 75.1 Å². The summed E-state index contributed by atoms with van der Waals surface area (Å²) >= 11 is -3.69. The van der Waals surface area contributed by atoms with Crippen LogP contribution in [0.5, 0.6) is 0 Å². The van der Waals surface area contributed by atoms with Crippen LogP contribution in [0, 0.1) is 0 Å². The molecule has 0 aromatic heterocycles. The molecule has 0 aliphatic rings. The van der Waals surface area contributed by atoms with Gasteiger partial charge in [-0.3, -0.25) is 0 Å². The minimum absolute atomic E-state index is 0. The third kappa shape index (κ3) is 44.2. The second-order valence-electron chi connectivity index (χ2n) is 0.238. The number of hydrogen-bond acceptors (Lipinski definition) is 2. The van der Waals surface area contributed by atoms with Gasteiger partial charge in [-0.1, -0.05) is 0 Å². The van der Waals surface area contributed by atoms with Crippen molar-refractivity contribution >= 4 is 0 Å². The fourth-order valence-corrected chi connectivity index (χ4v) is 0. The van der Waals surface area contributed by atoms with E-state index >= 15 is 0 Å². The normalized spacial score (nSPS) is 4.17. The van der Waals surface area contributed by atoms with Gasteiger partial charge in [0.2, 0.25) is 0 Å². The van der Waals surface area contributed by atoms with Gasteiger partial charge in [-0.05, 0) is 0 Å². The van der Waals surface area contributed by atoms with Crippen LogP contribution in [0.3, 0.4) is 0 Å². The van der Waals surface area contributed by atoms with Crippen molar-refractivity contribution in [1.82, 2.24) is 0 Å². The first-order chi connectivity index (χ1) is 1.73. The molecule has 0 saturated carbocycles. The predicted molar refractivity (Wildman–Crippen MR) is 4.70 cm³/mol. The monoisotopic (exact) mass is 176 g/mol. The van der Waals surface area contributed by atoms with Gasteiger partial charge < -0.3 is 1.43 Å². The van der Waals surface area contributed by atoms with Crippen LogP contribution in [0.25, 0.3) is 0 Å². The van der Waals surface area contributed by atoms with Crippen LogP contribution < -0.4 is 29.6 Å². The van der Waals surface area contributed by atoms with Crippen molar-refractivity contribution in [2.45, 2.75) is 0 Å². The van der Waals surface area contributed by atoms with Gasteiger partial charge >= 0.3 is 56.3 Å². The Balaban J connectivity index is -0.0000000150. The van der Waals surface area contributed by atoms with E-state index in [1.807, 2.05) is 0 Å². The molecule has 0 rings (SSSR count). The number of hydrogen-bond donors (Lipinski definition) is 1. The molecule has 0 unspecified atom stereocenters. The van der Waals surface area contributed by atoms with Crippen LogP contribution in [-0.4, -0.2) is 4.03 Å². The zero-order valence-corrected chi connectivity index (χ0v) is 7.79. The van der Waals surface area contributed by atoms with Crippen molar-refractivity contribution in [2.24, 2.45) is 0 Å². The summed E-state index contributed by atoms with van der Waals surface area (Å²) in [5.41, 5.74) is 0. The van der Waals surface area contributed by atoms with E-state index in [1.54, 1.807) is 0 Å². The maximum atomic E-state index is 8.67. The Kier molecular flexibility index (Phi) is 25.7. The summed E-state index contributed by atoms with van der Waals surface area (Å²) in [4.78, 5) is 0. The van der Waals surface area contributed by atoms with E-state index in [0.29, 0.717) is 0 Å². The van der Waals surface area contributed by atoms with E-state index < -0.39 is 15.4 Å². The zero-order valence-electron chi connectivity index (χ0n) is 4.12. The summed E-state index contributed by atoms with van der Waals surface area (Å²) in [5, 5.41) is 0. The Morgan fingerprint density at radius 2 is 1.50 bits per heavy atom. The van der Waals surface area contributed by atoms with Crippen LogP contribution >= 0.6 is 0 Å². The third-order valence-electron chi connectivity index (χ3n) is 0. The van der Waals surface area contributed by atoms with Crippen LogP contribution in [-0.2, 0) is 40.1 Å². The van der Waals surface area contributed by atoms with E-state index in [1.165, 1.54) is 0 Å². The van der Waals surface area contributed by atoms with Crippen molar-refractivity contribution in [3.8, 4) is 0 Å². The maximum absolute atomic E-state index is 8.67. The van der Waals surface area contributed by atoms with Gasteiger partial charge in [0, 0.05) is 17.4 Å². The van der Waals surface area contributed by atoms with E-state index in [0.717, 1.165) is 0 Å². The molecule has 0 saturated heterocycles.